The van der Waals surface area contributed by atoms with E-state index in [2.05, 4.69) is 37.9 Å². The van der Waals surface area contributed by atoms with E-state index in [1.807, 2.05) is 0 Å². The van der Waals surface area contributed by atoms with E-state index in [1.165, 1.54) is 13.4 Å². The normalized spacial score (nSPS) is 10.1. The Bertz CT molecular complexity index is 714. The molecule has 7 nitrogen and oxygen atoms in total. The van der Waals surface area contributed by atoms with Crippen molar-refractivity contribution < 1.29 is 9.53 Å². The molecule has 0 bridgehead atoms. The number of rotatable bonds is 3. The topological polar surface area (TPSA) is 110 Å². The van der Waals surface area contributed by atoms with Gasteiger partial charge in [0.25, 0.3) is 11.5 Å². The van der Waals surface area contributed by atoms with Crippen molar-refractivity contribution in [1.29, 1.82) is 0 Å². The number of nitrogen functional groups attached to an aromatic ring is 1. The number of methoxy groups -OCH3 is 1. The Kier molecular flexibility index (Phi) is 4.23. The van der Waals surface area contributed by atoms with Crippen LogP contribution in [0.3, 0.4) is 0 Å². The van der Waals surface area contributed by atoms with Crippen LogP contribution in [0.2, 0.25) is 0 Å². The fraction of sp³-hybridized carbons (Fsp3) is 0.0833. The largest absolute Gasteiger partial charge is 0.496 e. The van der Waals surface area contributed by atoms with Gasteiger partial charge < -0.3 is 20.8 Å². The van der Waals surface area contributed by atoms with Gasteiger partial charge >= 0.3 is 0 Å². The molecule has 0 unspecified atom stereocenters. The molecule has 4 N–H and O–H groups in total. The smallest absolute Gasteiger partial charge is 0.276 e. The fourth-order valence-electron chi connectivity index (χ4n) is 1.57. The van der Waals surface area contributed by atoms with E-state index < -0.39 is 11.5 Å². The predicted molar refractivity (Wildman–Crippen MR) is 82.9 cm³/mol. The summed E-state index contributed by atoms with van der Waals surface area (Å²) in [7, 11) is 1.46. The van der Waals surface area contributed by atoms with Crippen molar-refractivity contribution in [2.24, 2.45) is 0 Å². The van der Waals surface area contributed by atoms with Gasteiger partial charge in [0.1, 0.15) is 11.4 Å². The standard InChI is InChI=1S/C12H11IN4O3/c1-20-8-3-2-6(13)4-7(8)11(18)17-9-10(14)15-5-16-12(9)19/h2-5H,1H3,(H,17,18)(H3,14,15,16,19). The highest BCUT2D eigenvalue weighted by Crippen LogP contribution is 2.22. The molecule has 0 radical (unpaired) electrons. The van der Waals surface area contributed by atoms with E-state index in [0.29, 0.717) is 11.3 Å². The highest BCUT2D eigenvalue weighted by Gasteiger charge is 2.16. The van der Waals surface area contributed by atoms with Crippen LogP contribution in [0.4, 0.5) is 11.5 Å². The zero-order chi connectivity index (χ0) is 14.7. The first-order valence-electron chi connectivity index (χ1n) is 5.51. The molecule has 0 spiro atoms. The lowest BCUT2D eigenvalue weighted by Crippen LogP contribution is -2.22. The number of halogens is 1. The Morgan fingerprint density at radius 1 is 1.50 bits per heavy atom. The Morgan fingerprint density at radius 2 is 2.25 bits per heavy atom. The van der Waals surface area contributed by atoms with Crippen LogP contribution in [0.5, 0.6) is 5.75 Å². The number of hydrogen-bond donors (Lipinski definition) is 3. The lowest BCUT2D eigenvalue weighted by atomic mass is 10.2. The van der Waals surface area contributed by atoms with Crippen molar-refractivity contribution in [2.45, 2.75) is 0 Å². The van der Waals surface area contributed by atoms with Gasteiger partial charge in [-0.3, -0.25) is 9.59 Å². The number of hydrogen-bond acceptors (Lipinski definition) is 5. The molecule has 20 heavy (non-hydrogen) atoms. The molecule has 1 heterocycles. The second kappa shape index (κ2) is 5.90. The number of nitrogens with two attached hydrogens (primary N) is 1. The van der Waals surface area contributed by atoms with Crippen molar-refractivity contribution in [3.05, 3.63) is 44.0 Å². The minimum Gasteiger partial charge on any atom is -0.496 e. The minimum absolute atomic E-state index is 0.0494. The molecule has 1 aromatic carbocycles. The lowest BCUT2D eigenvalue weighted by molar-refractivity contribution is 0.102. The molecule has 104 valence electrons. The quantitative estimate of drug-likeness (QED) is 0.688. The zero-order valence-electron chi connectivity index (χ0n) is 10.4. The van der Waals surface area contributed by atoms with Crippen LogP contribution in [0.1, 0.15) is 10.4 Å². The number of amides is 1. The third-order valence-corrected chi connectivity index (χ3v) is 3.20. The molecule has 8 heteroatoms. The Balaban J connectivity index is 2.38. The molecular weight excluding hydrogens is 375 g/mol. The highest BCUT2D eigenvalue weighted by molar-refractivity contribution is 14.1. The first-order valence-corrected chi connectivity index (χ1v) is 6.59. The Morgan fingerprint density at radius 3 is 2.90 bits per heavy atom. The molecule has 2 rings (SSSR count). The van der Waals surface area contributed by atoms with Crippen molar-refractivity contribution >= 4 is 40.0 Å². The van der Waals surface area contributed by atoms with Gasteiger partial charge in [-0.15, -0.1) is 0 Å². The Labute approximate surface area is 127 Å². The Hall–Kier alpha value is -2.10. The molecule has 0 aliphatic carbocycles. The van der Waals surface area contributed by atoms with Crippen LogP contribution in [-0.4, -0.2) is 23.0 Å². The fourth-order valence-corrected chi connectivity index (χ4v) is 2.06. The molecular formula is C12H11IN4O3. The van der Waals surface area contributed by atoms with Crippen molar-refractivity contribution in [1.82, 2.24) is 9.97 Å². The first kappa shape index (κ1) is 14.3. The molecule has 0 saturated heterocycles. The van der Waals surface area contributed by atoms with E-state index >= 15 is 0 Å². The number of aromatic amines is 1. The summed E-state index contributed by atoms with van der Waals surface area (Å²) < 4.78 is 5.99. The molecule has 1 aromatic heterocycles. The average Bonchev–Trinajstić information content (AvgIpc) is 2.43. The number of nitrogens with one attached hydrogen (secondary N) is 2. The number of ether oxygens (including phenoxy) is 1. The second-order valence-corrected chi connectivity index (χ2v) is 5.04. The van der Waals surface area contributed by atoms with Gasteiger partial charge in [-0.1, -0.05) is 0 Å². The minimum atomic E-state index is -0.518. The molecule has 0 aliphatic heterocycles. The summed E-state index contributed by atoms with van der Waals surface area (Å²) >= 11 is 2.08. The monoisotopic (exact) mass is 386 g/mol. The van der Waals surface area contributed by atoms with Crippen molar-refractivity contribution in [3.63, 3.8) is 0 Å². The molecule has 0 fully saturated rings. The molecule has 0 saturated carbocycles. The van der Waals surface area contributed by atoms with Crippen molar-refractivity contribution in [2.75, 3.05) is 18.2 Å². The number of benzene rings is 1. The third kappa shape index (κ3) is 2.90. The average molecular weight is 386 g/mol. The van der Waals surface area contributed by atoms with E-state index in [4.69, 9.17) is 10.5 Å². The van der Waals surface area contributed by atoms with Gasteiger partial charge in [-0.2, -0.15) is 0 Å². The van der Waals surface area contributed by atoms with E-state index in [-0.39, 0.29) is 11.5 Å². The predicted octanol–water partition coefficient (Wildman–Crippen LogP) is 1.22. The summed E-state index contributed by atoms with van der Waals surface area (Å²) in [6, 6.07) is 5.13. The van der Waals surface area contributed by atoms with Gasteiger partial charge in [0.2, 0.25) is 0 Å². The van der Waals surface area contributed by atoms with Gasteiger partial charge in [0.05, 0.1) is 19.0 Å². The highest BCUT2D eigenvalue weighted by atomic mass is 127. The third-order valence-electron chi connectivity index (χ3n) is 2.53. The number of carbonyl (C=O) groups excluding carboxylic acids is 1. The maximum Gasteiger partial charge on any atom is 0.276 e. The van der Waals surface area contributed by atoms with Gasteiger partial charge in [0.15, 0.2) is 5.82 Å². The number of carbonyl (C=O) groups is 1. The molecule has 0 aliphatic rings. The van der Waals surface area contributed by atoms with Gasteiger partial charge in [0, 0.05) is 3.57 Å². The SMILES string of the molecule is COc1ccc(I)cc1C(=O)Nc1c(N)nc[nH]c1=O. The summed E-state index contributed by atoms with van der Waals surface area (Å²) in [6.07, 6.45) is 1.17. The number of anilines is 2. The van der Waals surface area contributed by atoms with Crippen LogP contribution >= 0.6 is 22.6 Å². The van der Waals surface area contributed by atoms with E-state index in [9.17, 15) is 9.59 Å². The van der Waals surface area contributed by atoms with Gasteiger partial charge in [-0.05, 0) is 40.8 Å². The van der Waals surface area contributed by atoms with Crippen LogP contribution in [0.15, 0.2) is 29.3 Å². The summed E-state index contributed by atoms with van der Waals surface area (Å²) in [5.74, 6) is -0.140. The van der Waals surface area contributed by atoms with Crippen LogP contribution in [0, 0.1) is 3.57 Å². The van der Waals surface area contributed by atoms with Crippen LogP contribution < -0.4 is 21.3 Å². The van der Waals surface area contributed by atoms with Crippen LogP contribution in [-0.2, 0) is 0 Å². The lowest BCUT2D eigenvalue weighted by Gasteiger charge is -2.10. The summed E-state index contributed by atoms with van der Waals surface area (Å²) in [5, 5.41) is 2.44. The first-order chi connectivity index (χ1) is 9.52. The molecule has 1 amide bonds. The van der Waals surface area contributed by atoms with E-state index in [0.717, 1.165) is 3.57 Å². The molecule has 2 aromatic rings. The summed E-state index contributed by atoms with van der Waals surface area (Å²) in [5.41, 5.74) is 5.27. The second-order valence-electron chi connectivity index (χ2n) is 3.79. The number of H-pyrrole nitrogens is 1. The van der Waals surface area contributed by atoms with Crippen LogP contribution in [0.25, 0.3) is 0 Å². The number of nitrogens with zero attached hydrogens (tertiary/aromatic N) is 1. The summed E-state index contributed by atoms with van der Waals surface area (Å²) in [6.45, 7) is 0. The van der Waals surface area contributed by atoms with Gasteiger partial charge in [-0.25, -0.2) is 4.98 Å². The van der Waals surface area contributed by atoms with Crippen molar-refractivity contribution in [3.8, 4) is 5.75 Å². The maximum atomic E-state index is 12.2. The van der Waals surface area contributed by atoms with E-state index in [1.54, 1.807) is 18.2 Å². The maximum absolute atomic E-state index is 12.2. The summed E-state index contributed by atoms with van der Waals surface area (Å²) in [4.78, 5) is 29.9. The zero-order valence-corrected chi connectivity index (χ0v) is 12.6. The number of aromatic nitrogens is 2. The molecule has 0 atom stereocenters.